The normalized spacial score (nSPS) is 13.0. The van der Waals surface area contributed by atoms with Gasteiger partial charge in [-0.1, -0.05) is 58.2 Å². The van der Waals surface area contributed by atoms with E-state index in [1.165, 1.54) is 113 Å². The summed E-state index contributed by atoms with van der Waals surface area (Å²) in [5.74, 6) is 4.91. The van der Waals surface area contributed by atoms with Crippen LogP contribution in [0.4, 0.5) is 0 Å². The van der Waals surface area contributed by atoms with Crippen LogP contribution in [0.15, 0.2) is 183 Å². The topological polar surface area (TPSA) is 89.9 Å². The third-order valence-electron chi connectivity index (χ3n) is 19.8. The van der Waals surface area contributed by atoms with Gasteiger partial charge in [-0.15, -0.1) is 0 Å². The minimum Gasteiger partial charge on any atom is -0.496 e. The van der Waals surface area contributed by atoms with E-state index in [0.29, 0.717) is 30.8 Å². The molecular weight excluding hydrogens is 1320 g/mol. The number of unbranched alkanes of at least 4 members (excludes halogenated alkanes) is 3. The summed E-state index contributed by atoms with van der Waals surface area (Å²) < 4.78 is 50.4. The van der Waals surface area contributed by atoms with Crippen LogP contribution in [0.2, 0.25) is 0 Å². The van der Waals surface area contributed by atoms with Crippen LogP contribution in [0.1, 0.15) is 216 Å². The van der Waals surface area contributed by atoms with Crippen LogP contribution in [0.25, 0.3) is 71.1 Å². The van der Waals surface area contributed by atoms with Gasteiger partial charge < -0.3 is 60.4 Å². The molecule has 13 heteroatoms. The van der Waals surface area contributed by atoms with Crippen molar-refractivity contribution in [3.63, 3.8) is 0 Å². The first kappa shape index (κ1) is 81.9. The number of rotatable bonds is 21. The average molecular weight is 1450 g/mol. The molecule has 7 aromatic heterocycles. The van der Waals surface area contributed by atoms with Crippen molar-refractivity contribution >= 4 is 65.4 Å². The first-order valence-electron chi connectivity index (χ1n) is 39.6. The van der Waals surface area contributed by atoms with Crippen LogP contribution >= 0.6 is 0 Å². The van der Waals surface area contributed by atoms with E-state index < -0.39 is 0 Å². The Morgan fingerprint density at radius 2 is 0.860 bits per heavy atom. The fourth-order valence-electron chi connectivity index (χ4n) is 14.3. The summed E-state index contributed by atoms with van der Waals surface area (Å²) in [7, 11) is 1.72. The highest BCUT2D eigenvalue weighted by molar-refractivity contribution is 5.91. The molecule has 0 bridgehead atoms. The van der Waals surface area contributed by atoms with E-state index in [4.69, 9.17) is 28.4 Å². The predicted molar refractivity (Wildman–Crippen MR) is 454 cm³/mol. The second-order valence-electron chi connectivity index (χ2n) is 31.9. The van der Waals surface area contributed by atoms with Gasteiger partial charge in [-0.25, -0.2) is 0 Å². The Hall–Kier alpha value is -9.20. The van der Waals surface area contributed by atoms with Crippen molar-refractivity contribution in [3.8, 4) is 34.4 Å². The lowest BCUT2D eigenvalue weighted by atomic mass is 10.1. The Morgan fingerprint density at radius 1 is 0.411 bits per heavy atom. The van der Waals surface area contributed by atoms with Crippen molar-refractivity contribution in [2.24, 2.45) is 0 Å². The molecule has 1 unspecified atom stereocenters. The zero-order valence-corrected chi connectivity index (χ0v) is 69.0. The van der Waals surface area contributed by atoms with Gasteiger partial charge in [0.2, 0.25) is 0 Å². The van der Waals surface area contributed by atoms with E-state index in [1.807, 2.05) is 18.2 Å². The van der Waals surface area contributed by atoms with Gasteiger partial charge in [-0.2, -0.15) is 0 Å². The number of aromatic nitrogens is 7. The molecule has 0 saturated carbocycles. The number of methoxy groups -OCH3 is 1. The molecule has 574 valence electrons. The zero-order chi connectivity index (χ0) is 77.3. The van der Waals surface area contributed by atoms with Gasteiger partial charge in [0.05, 0.1) is 71.8 Å². The third kappa shape index (κ3) is 20.5. The summed E-state index contributed by atoms with van der Waals surface area (Å²) >= 11 is 0. The molecule has 0 N–H and O–H groups in total. The molecule has 13 aromatic rings. The Kier molecular flexibility index (Phi) is 28.7. The predicted octanol–water partition coefficient (Wildman–Crippen LogP) is 25.8. The highest BCUT2D eigenvalue weighted by Gasteiger charge is 2.22. The minimum absolute atomic E-state index is 0.0909. The van der Waals surface area contributed by atoms with Crippen LogP contribution in [-0.4, -0.2) is 78.2 Å². The van der Waals surface area contributed by atoms with Crippen LogP contribution < -0.4 is 23.7 Å². The molecule has 0 amide bonds. The van der Waals surface area contributed by atoms with E-state index >= 15 is 0 Å². The van der Waals surface area contributed by atoms with Gasteiger partial charge in [0.25, 0.3) is 0 Å². The third-order valence-corrected chi connectivity index (χ3v) is 19.8. The van der Waals surface area contributed by atoms with Gasteiger partial charge in [-0.3, -0.25) is 0 Å². The van der Waals surface area contributed by atoms with Gasteiger partial charge in [-0.05, 0) is 295 Å². The highest BCUT2D eigenvalue weighted by Crippen LogP contribution is 2.36. The number of ether oxygens (including phenoxy) is 6. The molecule has 1 fully saturated rings. The van der Waals surface area contributed by atoms with Crippen LogP contribution in [-0.2, 0) is 15.8 Å². The number of fused-ring (bicyclic) bond motifs is 6. The minimum atomic E-state index is 0.0909. The monoisotopic (exact) mass is 1450 g/mol. The Morgan fingerprint density at radius 3 is 1.34 bits per heavy atom. The molecule has 107 heavy (non-hydrogen) atoms. The molecular formula is C94H127N7O6. The fraction of sp³-hybridized carbons (Fsp3) is 0.447. The smallest absolute Gasteiger partial charge is 0.128 e. The van der Waals surface area contributed by atoms with Crippen LogP contribution in [0.5, 0.6) is 28.7 Å². The Balaban J connectivity index is 0.000000149. The van der Waals surface area contributed by atoms with Crippen molar-refractivity contribution in [2.45, 2.75) is 238 Å². The number of nitrogens with zero attached hydrogens (tertiary/aromatic N) is 7. The van der Waals surface area contributed by atoms with Crippen molar-refractivity contribution in [1.82, 2.24) is 32.0 Å². The lowest BCUT2D eigenvalue weighted by Gasteiger charge is -2.23. The molecule has 1 atom stereocenters. The molecule has 6 aromatic carbocycles. The van der Waals surface area contributed by atoms with Gasteiger partial charge in [0.15, 0.2) is 0 Å². The fourth-order valence-corrected chi connectivity index (χ4v) is 14.3. The van der Waals surface area contributed by atoms with Crippen molar-refractivity contribution in [1.29, 1.82) is 0 Å². The quantitative estimate of drug-likeness (QED) is 0.0666. The van der Waals surface area contributed by atoms with Crippen molar-refractivity contribution in [3.05, 3.63) is 205 Å². The summed E-state index contributed by atoms with van der Waals surface area (Å²) in [6.45, 7) is 50.0. The number of aryl methyl sites for hydroxylation is 4. The van der Waals surface area contributed by atoms with E-state index in [9.17, 15) is 0 Å². The SMILES string of the molecule is CC(C)n1ccc2c(OCC3CCCO3)cccc21.CCCCCCOc1cccc2c1ccn2C(C)C.CCCOc1ccc2ccn(C(C)C)c2c1.CCCOc1cccc2c1ccn2C(C)C.COc1cc(C)cc2c1ccn2C(C)(C)C.Cc1cc(-n2c(C)ccc2C)c2ccn(C(C)(C)C)c2c1. The maximum atomic E-state index is 5.96. The molecule has 1 aliphatic rings. The lowest BCUT2D eigenvalue weighted by molar-refractivity contribution is 0.0685. The van der Waals surface area contributed by atoms with Crippen LogP contribution in [0.3, 0.4) is 0 Å². The largest absolute Gasteiger partial charge is 0.496 e. The molecule has 1 aliphatic heterocycles. The van der Waals surface area contributed by atoms with E-state index in [-0.39, 0.29) is 17.2 Å². The first-order chi connectivity index (χ1) is 51.2. The summed E-state index contributed by atoms with van der Waals surface area (Å²) in [6, 6.07) is 53.2. The Bertz CT molecular complexity index is 4890. The summed E-state index contributed by atoms with van der Waals surface area (Å²) in [6.07, 6.45) is 22.5. The number of hydrogen-bond donors (Lipinski definition) is 0. The van der Waals surface area contributed by atoms with Gasteiger partial charge in [0, 0.05) is 123 Å². The molecule has 0 radical (unpaired) electrons. The summed E-state index contributed by atoms with van der Waals surface area (Å²) in [4.78, 5) is 0. The zero-order valence-electron chi connectivity index (χ0n) is 69.0. The molecule has 0 spiro atoms. The van der Waals surface area contributed by atoms with Gasteiger partial charge in [0.1, 0.15) is 35.4 Å². The molecule has 8 heterocycles. The van der Waals surface area contributed by atoms with E-state index in [0.717, 1.165) is 87.3 Å². The molecule has 13 nitrogen and oxygen atoms in total. The molecule has 14 rings (SSSR count). The Labute approximate surface area is 640 Å². The summed E-state index contributed by atoms with van der Waals surface area (Å²) in [5, 5.41) is 7.41. The second kappa shape index (κ2) is 37.6. The molecule has 1 saturated heterocycles. The maximum Gasteiger partial charge on any atom is 0.128 e. The first-order valence-corrected chi connectivity index (χ1v) is 39.6. The van der Waals surface area contributed by atoms with E-state index in [1.54, 1.807) is 7.11 Å². The summed E-state index contributed by atoms with van der Waals surface area (Å²) in [5.41, 5.74) is 14.1. The van der Waals surface area contributed by atoms with Crippen LogP contribution in [0, 0.1) is 27.7 Å². The molecule has 0 aliphatic carbocycles. The van der Waals surface area contributed by atoms with Crippen molar-refractivity contribution < 1.29 is 28.4 Å². The highest BCUT2D eigenvalue weighted by atomic mass is 16.5. The number of benzene rings is 6. The maximum absolute atomic E-state index is 5.96. The number of hydrogen-bond acceptors (Lipinski definition) is 6. The average Bonchev–Trinajstić information content (AvgIpc) is 1.60. The van der Waals surface area contributed by atoms with Crippen molar-refractivity contribution in [2.75, 3.05) is 40.1 Å². The van der Waals surface area contributed by atoms with Gasteiger partial charge >= 0.3 is 0 Å². The second-order valence-corrected chi connectivity index (χ2v) is 31.9. The van der Waals surface area contributed by atoms with E-state index in [2.05, 4.69) is 342 Å². The lowest BCUT2D eigenvalue weighted by Crippen LogP contribution is -2.20. The standard InChI is InChI=1S/C19H24N2.C17H25NO.C16H21NO2.3C14H19NO/c1-13-11-17-16(9-10-20(17)19(4,5)6)18(12-13)21-14(2)7-8-15(21)3;1-4-5-6-7-13-19-17-10-8-9-16-15(17)11-12-18(16)14(2)3;1-12(2)17-9-8-14-15(17)6-3-7-16(14)19-11-13-5-4-10-18-13;1-10-8-12-11(13(9-10)16-5)6-7-15(12)14(2,3)4;1-4-9-16-13-6-5-12-7-8-15(11(2)3)14(12)10-13;1-4-10-16-14-7-5-6-13-12(14)8-9-15(13)11(2)3/h7-12H,1-6H3;8-12,14H,4-7,13H2,1-3H3;3,6-9,12-13H,4-5,10-11H2,1-2H3;6-9H,1-5H3;5-8,10-11H,4,9H2,1-3H3;5-9,11H,4,10H2,1-3H3.